The van der Waals surface area contributed by atoms with Gasteiger partial charge in [-0.15, -0.1) is 0 Å². The van der Waals surface area contributed by atoms with Gasteiger partial charge >= 0.3 is 0 Å². The lowest BCUT2D eigenvalue weighted by atomic mass is 10.2. The molecule has 0 saturated heterocycles. The standard InChI is InChI=1S/C22H30N4O2/c1-5-26(6-2)20-12-8-18(9-13-20)16-23-25-22(27)17(4)24-19-10-14-21(15-11-19)28-7-3/h8-17,24H,5-7H2,1-4H3,(H,25,27). The predicted octanol–water partition coefficient (Wildman–Crippen LogP) is 3.88. The van der Waals surface area contributed by atoms with Gasteiger partial charge in [-0.05, 0) is 69.7 Å². The van der Waals surface area contributed by atoms with Crippen molar-refractivity contribution in [3.8, 4) is 5.75 Å². The number of amides is 1. The van der Waals surface area contributed by atoms with Gasteiger partial charge in [-0.1, -0.05) is 12.1 Å². The van der Waals surface area contributed by atoms with Crippen LogP contribution in [0.1, 0.15) is 33.3 Å². The zero-order chi connectivity index (χ0) is 20.4. The highest BCUT2D eigenvalue weighted by Crippen LogP contribution is 2.16. The molecule has 0 aliphatic carbocycles. The number of benzene rings is 2. The monoisotopic (exact) mass is 382 g/mol. The number of rotatable bonds is 10. The molecule has 2 N–H and O–H groups in total. The molecule has 1 amide bonds. The van der Waals surface area contributed by atoms with Crippen molar-refractivity contribution in [2.75, 3.05) is 29.9 Å². The minimum atomic E-state index is -0.417. The van der Waals surface area contributed by atoms with Crippen molar-refractivity contribution >= 4 is 23.5 Å². The first-order chi connectivity index (χ1) is 13.6. The zero-order valence-corrected chi connectivity index (χ0v) is 17.1. The first-order valence-electron chi connectivity index (χ1n) is 9.74. The van der Waals surface area contributed by atoms with E-state index in [4.69, 9.17) is 4.74 Å². The SMILES string of the molecule is CCOc1ccc(NC(C)C(=O)NN=Cc2ccc(N(CC)CC)cc2)cc1. The number of hydrazone groups is 1. The van der Waals surface area contributed by atoms with E-state index >= 15 is 0 Å². The molecule has 1 unspecified atom stereocenters. The van der Waals surface area contributed by atoms with E-state index in [0.717, 1.165) is 30.1 Å². The minimum Gasteiger partial charge on any atom is -0.494 e. The van der Waals surface area contributed by atoms with Gasteiger partial charge in [-0.25, -0.2) is 5.43 Å². The summed E-state index contributed by atoms with van der Waals surface area (Å²) in [6.07, 6.45) is 1.65. The number of hydrogen-bond acceptors (Lipinski definition) is 5. The van der Waals surface area contributed by atoms with Crippen molar-refractivity contribution in [3.05, 3.63) is 54.1 Å². The fourth-order valence-electron chi connectivity index (χ4n) is 2.76. The van der Waals surface area contributed by atoms with Gasteiger partial charge in [0.2, 0.25) is 0 Å². The Labute approximate surface area is 167 Å². The third-order valence-corrected chi connectivity index (χ3v) is 4.35. The Morgan fingerprint density at radius 1 is 1.07 bits per heavy atom. The first kappa shape index (κ1) is 21.3. The van der Waals surface area contributed by atoms with Crippen LogP contribution in [0.25, 0.3) is 0 Å². The van der Waals surface area contributed by atoms with Gasteiger partial charge in [-0.3, -0.25) is 4.79 Å². The molecule has 28 heavy (non-hydrogen) atoms. The van der Waals surface area contributed by atoms with E-state index in [0.29, 0.717) is 6.61 Å². The van der Waals surface area contributed by atoms with Gasteiger partial charge < -0.3 is 15.0 Å². The molecular weight excluding hydrogens is 352 g/mol. The molecule has 0 heterocycles. The molecule has 0 aliphatic heterocycles. The Hall–Kier alpha value is -3.02. The molecule has 0 aliphatic rings. The molecule has 6 heteroatoms. The van der Waals surface area contributed by atoms with Crippen LogP contribution in [0.3, 0.4) is 0 Å². The maximum absolute atomic E-state index is 12.2. The zero-order valence-electron chi connectivity index (χ0n) is 17.1. The molecule has 6 nitrogen and oxygen atoms in total. The summed E-state index contributed by atoms with van der Waals surface area (Å²) in [7, 11) is 0. The van der Waals surface area contributed by atoms with Crippen LogP contribution in [-0.4, -0.2) is 37.9 Å². The number of carbonyl (C=O) groups excluding carboxylic acids is 1. The average molecular weight is 383 g/mol. The van der Waals surface area contributed by atoms with E-state index in [-0.39, 0.29) is 5.91 Å². The molecule has 0 bridgehead atoms. The summed E-state index contributed by atoms with van der Waals surface area (Å²) >= 11 is 0. The summed E-state index contributed by atoms with van der Waals surface area (Å²) in [6, 6.07) is 15.2. The molecule has 0 aromatic heterocycles. The highest BCUT2D eigenvalue weighted by Gasteiger charge is 2.11. The number of nitrogens with one attached hydrogen (secondary N) is 2. The van der Waals surface area contributed by atoms with E-state index in [1.54, 1.807) is 13.1 Å². The van der Waals surface area contributed by atoms with Gasteiger partial charge in [0.1, 0.15) is 11.8 Å². The topological polar surface area (TPSA) is 66.0 Å². The molecule has 2 rings (SSSR count). The van der Waals surface area contributed by atoms with E-state index in [1.165, 1.54) is 5.69 Å². The second-order valence-electron chi connectivity index (χ2n) is 6.32. The molecule has 2 aromatic rings. The number of ether oxygens (including phenoxy) is 1. The van der Waals surface area contributed by atoms with E-state index in [9.17, 15) is 4.79 Å². The number of nitrogens with zero attached hydrogens (tertiary/aromatic N) is 2. The molecular formula is C22H30N4O2. The van der Waals surface area contributed by atoms with Crippen LogP contribution < -0.4 is 20.4 Å². The Balaban J connectivity index is 1.84. The lowest BCUT2D eigenvalue weighted by molar-refractivity contribution is -0.121. The fourth-order valence-corrected chi connectivity index (χ4v) is 2.76. The van der Waals surface area contributed by atoms with Crippen molar-refractivity contribution in [2.45, 2.75) is 33.7 Å². The third kappa shape index (κ3) is 6.30. The smallest absolute Gasteiger partial charge is 0.262 e. The average Bonchev–Trinajstić information content (AvgIpc) is 2.71. The molecule has 0 saturated carbocycles. The second kappa shape index (κ2) is 11.0. The molecule has 2 aromatic carbocycles. The maximum atomic E-state index is 12.2. The van der Waals surface area contributed by atoms with Crippen LogP contribution in [0.2, 0.25) is 0 Å². The van der Waals surface area contributed by atoms with E-state index in [2.05, 4.69) is 46.7 Å². The number of anilines is 2. The lowest BCUT2D eigenvalue weighted by Gasteiger charge is -2.20. The number of hydrogen-bond donors (Lipinski definition) is 2. The van der Waals surface area contributed by atoms with Gasteiger partial charge in [0.05, 0.1) is 12.8 Å². The Morgan fingerprint density at radius 3 is 2.29 bits per heavy atom. The lowest BCUT2D eigenvalue weighted by Crippen LogP contribution is -2.34. The molecule has 0 radical (unpaired) electrons. The van der Waals surface area contributed by atoms with Crippen LogP contribution in [-0.2, 0) is 4.79 Å². The van der Waals surface area contributed by atoms with Crippen molar-refractivity contribution in [3.63, 3.8) is 0 Å². The van der Waals surface area contributed by atoms with Crippen LogP contribution in [0.5, 0.6) is 5.75 Å². The summed E-state index contributed by atoms with van der Waals surface area (Å²) < 4.78 is 5.41. The van der Waals surface area contributed by atoms with Gasteiger partial charge in [0.15, 0.2) is 0 Å². The summed E-state index contributed by atoms with van der Waals surface area (Å²) in [5.74, 6) is 0.603. The predicted molar refractivity (Wildman–Crippen MR) is 116 cm³/mol. The van der Waals surface area contributed by atoms with Gasteiger partial charge in [0, 0.05) is 24.5 Å². The molecule has 0 spiro atoms. The molecule has 0 fully saturated rings. The summed E-state index contributed by atoms with van der Waals surface area (Å²) in [4.78, 5) is 14.5. The van der Waals surface area contributed by atoms with Crippen molar-refractivity contribution in [1.82, 2.24) is 5.43 Å². The second-order valence-corrected chi connectivity index (χ2v) is 6.32. The Kier molecular flexibility index (Phi) is 8.34. The molecule has 150 valence electrons. The van der Waals surface area contributed by atoms with Gasteiger partial charge in [0.25, 0.3) is 5.91 Å². The fraction of sp³-hybridized carbons (Fsp3) is 0.364. The third-order valence-electron chi connectivity index (χ3n) is 4.35. The quantitative estimate of drug-likeness (QED) is 0.483. The highest BCUT2D eigenvalue weighted by atomic mass is 16.5. The summed E-state index contributed by atoms with van der Waals surface area (Å²) in [6.45, 7) is 10.6. The largest absolute Gasteiger partial charge is 0.494 e. The maximum Gasteiger partial charge on any atom is 0.262 e. The first-order valence-corrected chi connectivity index (χ1v) is 9.74. The van der Waals surface area contributed by atoms with Crippen LogP contribution in [0, 0.1) is 0 Å². The van der Waals surface area contributed by atoms with E-state index in [1.807, 2.05) is 43.3 Å². The Bertz CT molecular complexity index is 753. The normalized spacial score (nSPS) is 11.9. The molecule has 1 atom stereocenters. The van der Waals surface area contributed by atoms with Crippen molar-refractivity contribution < 1.29 is 9.53 Å². The number of carbonyl (C=O) groups is 1. The van der Waals surface area contributed by atoms with Crippen LogP contribution in [0.15, 0.2) is 53.6 Å². The Morgan fingerprint density at radius 2 is 1.71 bits per heavy atom. The van der Waals surface area contributed by atoms with Crippen molar-refractivity contribution in [2.24, 2.45) is 5.10 Å². The highest BCUT2D eigenvalue weighted by molar-refractivity contribution is 5.86. The van der Waals surface area contributed by atoms with Crippen molar-refractivity contribution in [1.29, 1.82) is 0 Å². The van der Waals surface area contributed by atoms with Gasteiger partial charge in [-0.2, -0.15) is 5.10 Å². The van der Waals surface area contributed by atoms with E-state index < -0.39 is 6.04 Å². The van der Waals surface area contributed by atoms with Crippen LogP contribution >= 0.6 is 0 Å². The summed E-state index contributed by atoms with van der Waals surface area (Å²) in [5.41, 5.74) is 5.54. The minimum absolute atomic E-state index is 0.204. The summed E-state index contributed by atoms with van der Waals surface area (Å²) in [5, 5.41) is 7.20. The van der Waals surface area contributed by atoms with Crippen LogP contribution in [0.4, 0.5) is 11.4 Å².